The van der Waals surface area contributed by atoms with Crippen molar-refractivity contribution in [3.8, 4) is 0 Å². The number of halogens is 2. The predicted molar refractivity (Wildman–Crippen MR) is 144 cm³/mol. The fourth-order valence-electron chi connectivity index (χ4n) is 6.01. The number of anilines is 1. The lowest BCUT2D eigenvalue weighted by molar-refractivity contribution is -0.0228. The van der Waals surface area contributed by atoms with Crippen LogP contribution in [0.25, 0.3) is 0 Å². The number of amides is 2. The first kappa shape index (κ1) is 25.7. The van der Waals surface area contributed by atoms with Crippen LogP contribution in [0.1, 0.15) is 37.7 Å². The molecule has 5 rings (SSSR count). The Morgan fingerprint density at radius 1 is 1.00 bits per heavy atom. The molecular weight excluding hydrogens is 497 g/mol. The van der Waals surface area contributed by atoms with Crippen molar-refractivity contribution in [2.45, 2.75) is 43.7 Å². The van der Waals surface area contributed by atoms with Crippen molar-refractivity contribution in [3.63, 3.8) is 0 Å². The van der Waals surface area contributed by atoms with Crippen molar-refractivity contribution in [2.75, 3.05) is 51.1 Å². The van der Waals surface area contributed by atoms with Crippen LogP contribution in [0.3, 0.4) is 0 Å². The van der Waals surface area contributed by atoms with Crippen molar-refractivity contribution in [1.29, 1.82) is 0 Å². The van der Waals surface area contributed by atoms with E-state index in [-0.39, 0.29) is 6.03 Å². The number of piperazine rings is 1. The minimum absolute atomic E-state index is 0.0934. The van der Waals surface area contributed by atoms with Gasteiger partial charge in [-0.1, -0.05) is 23.2 Å². The summed E-state index contributed by atoms with van der Waals surface area (Å²) in [6, 6.07) is 9.50. The second-order valence-electron chi connectivity index (χ2n) is 10.5. The zero-order valence-electron chi connectivity index (χ0n) is 20.6. The Kier molecular flexibility index (Phi) is 8.03. The summed E-state index contributed by atoms with van der Waals surface area (Å²) in [7, 11) is 0. The molecule has 2 saturated heterocycles. The monoisotopic (exact) mass is 531 g/mol. The Hall–Kier alpha value is -1.90. The van der Waals surface area contributed by atoms with Gasteiger partial charge < -0.3 is 20.2 Å². The van der Waals surface area contributed by atoms with Gasteiger partial charge in [0.05, 0.1) is 15.6 Å². The second kappa shape index (κ2) is 11.2. The predicted octanol–water partition coefficient (Wildman–Crippen LogP) is 4.69. The number of aliphatic hydroxyl groups is 1. The first-order valence-electron chi connectivity index (χ1n) is 13.0. The molecule has 1 aromatic carbocycles. The van der Waals surface area contributed by atoms with Gasteiger partial charge in [0.1, 0.15) is 0 Å². The average molecular weight is 533 g/mol. The van der Waals surface area contributed by atoms with Gasteiger partial charge in [0, 0.05) is 63.4 Å². The molecular formula is C27H35Cl2N5O2. The Morgan fingerprint density at radius 2 is 1.72 bits per heavy atom. The molecule has 9 heteroatoms. The average Bonchev–Trinajstić information content (AvgIpc) is 3.36. The third-order valence-corrected chi connectivity index (χ3v) is 8.92. The van der Waals surface area contributed by atoms with E-state index in [1.165, 1.54) is 6.42 Å². The first-order valence-corrected chi connectivity index (χ1v) is 13.8. The molecule has 2 aromatic rings. The largest absolute Gasteiger partial charge is 0.385 e. The summed E-state index contributed by atoms with van der Waals surface area (Å²) >= 11 is 12.0. The zero-order valence-corrected chi connectivity index (χ0v) is 22.1. The van der Waals surface area contributed by atoms with E-state index in [9.17, 15) is 9.90 Å². The topological polar surface area (TPSA) is 71.9 Å². The van der Waals surface area contributed by atoms with Gasteiger partial charge in [-0.2, -0.15) is 0 Å². The molecule has 1 unspecified atom stereocenters. The van der Waals surface area contributed by atoms with Gasteiger partial charge in [-0.05, 0) is 80.5 Å². The highest BCUT2D eigenvalue weighted by atomic mass is 35.5. The van der Waals surface area contributed by atoms with Crippen molar-refractivity contribution >= 4 is 34.9 Å². The molecule has 3 fully saturated rings. The summed E-state index contributed by atoms with van der Waals surface area (Å²) < 4.78 is 0. The lowest BCUT2D eigenvalue weighted by Gasteiger charge is -2.40. The van der Waals surface area contributed by atoms with E-state index in [1.54, 1.807) is 30.6 Å². The van der Waals surface area contributed by atoms with Gasteiger partial charge >= 0.3 is 6.03 Å². The molecule has 3 aliphatic rings. The van der Waals surface area contributed by atoms with Gasteiger partial charge in [-0.25, -0.2) is 4.79 Å². The van der Waals surface area contributed by atoms with E-state index in [0.29, 0.717) is 27.7 Å². The highest BCUT2D eigenvalue weighted by Gasteiger charge is 2.38. The Bertz CT molecular complexity index is 1040. The van der Waals surface area contributed by atoms with Gasteiger partial charge in [-0.15, -0.1) is 0 Å². The summed E-state index contributed by atoms with van der Waals surface area (Å²) in [5, 5.41) is 15.0. The van der Waals surface area contributed by atoms with Crippen LogP contribution in [0, 0.1) is 5.92 Å². The van der Waals surface area contributed by atoms with Crippen LogP contribution in [0.15, 0.2) is 42.7 Å². The normalized spacial score (nSPS) is 27.8. The quantitative estimate of drug-likeness (QED) is 0.585. The summed E-state index contributed by atoms with van der Waals surface area (Å²) in [4.78, 5) is 23.8. The number of nitrogens with one attached hydrogen (secondary N) is 1. The number of benzene rings is 1. The third kappa shape index (κ3) is 5.97. The molecule has 1 aromatic heterocycles. The molecule has 3 heterocycles. The summed E-state index contributed by atoms with van der Waals surface area (Å²) in [6.45, 7) is 6.61. The molecule has 194 valence electrons. The highest BCUT2D eigenvalue weighted by molar-refractivity contribution is 6.42. The number of rotatable bonds is 5. The minimum atomic E-state index is -0.704. The van der Waals surface area contributed by atoms with Crippen LogP contribution in [-0.4, -0.2) is 82.7 Å². The Morgan fingerprint density at radius 3 is 2.42 bits per heavy atom. The van der Waals surface area contributed by atoms with E-state index in [2.05, 4.69) is 20.1 Å². The van der Waals surface area contributed by atoms with E-state index in [4.69, 9.17) is 23.2 Å². The number of hydrogen-bond donors (Lipinski definition) is 2. The summed E-state index contributed by atoms with van der Waals surface area (Å²) in [5.74, 6) is 0.669. The van der Waals surface area contributed by atoms with Crippen molar-refractivity contribution < 1.29 is 9.90 Å². The number of pyridine rings is 1. The molecule has 1 aliphatic carbocycles. The molecule has 0 radical (unpaired) electrons. The standard InChI is InChI=1S/C27H35Cl2N5O2/c28-24-2-1-22(17-25(24)29)31-26(35)33-15-13-32(14-16-33)18-20-7-12-34(19-20)23-3-8-27(36,9-4-23)21-5-10-30-11-6-21/h1-2,5-6,10-11,17,20,23,36H,3-4,7-9,12-16,18-19H2,(H,31,35). The van der Waals surface area contributed by atoms with Crippen LogP contribution >= 0.6 is 23.2 Å². The van der Waals surface area contributed by atoms with Gasteiger partial charge in [0.15, 0.2) is 0 Å². The lowest BCUT2D eigenvalue weighted by Crippen LogP contribution is -2.51. The molecule has 0 bridgehead atoms. The van der Waals surface area contributed by atoms with E-state index in [0.717, 1.165) is 77.1 Å². The third-order valence-electron chi connectivity index (χ3n) is 8.18. The maximum atomic E-state index is 12.7. The van der Waals surface area contributed by atoms with Gasteiger partial charge in [0.2, 0.25) is 0 Å². The lowest BCUT2D eigenvalue weighted by atomic mass is 9.77. The van der Waals surface area contributed by atoms with Crippen LogP contribution < -0.4 is 5.32 Å². The smallest absolute Gasteiger partial charge is 0.321 e. The fraction of sp³-hybridized carbons (Fsp3) is 0.556. The van der Waals surface area contributed by atoms with Crippen LogP contribution in [0.4, 0.5) is 10.5 Å². The first-order chi connectivity index (χ1) is 17.4. The Balaban J connectivity index is 1.04. The molecule has 7 nitrogen and oxygen atoms in total. The SMILES string of the molecule is O=C(Nc1ccc(Cl)c(Cl)c1)N1CCN(CC2CCN(C3CCC(O)(c4ccncc4)CC3)C2)CC1. The highest BCUT2D eigenvalue weighted by Crippen LogP contribution is 2.39. The van der Waals surface area contributed by atoms with Crippen LogP contribution in [0.2, 0.25) is 10.0 Å². The van der Waals surface area contributed by atoms with Crippen LogP contribution in [-0.2, 0) is 5.60 Å². The number of likely N-dealkylation sites (tertiary alicyclic amines) is 1. The maximum Gasteiger partial charge on any atom is 0.321 e. The number of carbonyl (C=O) groups excluding carboxylic acids is 1. The van der Waals surface area contributed by atoms with Crippen molar-refractivity contribution in [3.05, 3.63) is 58.3 Å². The maximum absolute atomic E-state index is 12.7. The minimum Gasteiger partial charge on any atom is -0.385 e. The van der Waals surface area contributed by atoms with Crippen molar-refractivity contribution in [2.24, 2.45) is 5.92 Å². The van der Waals surface area contributed by atoms with E-state index in [1.807, 2.05) is 17.0 Å². The molecule has 1 atom stereocenters. The molecule has 36 heavy (non-hydrogen) atoms. The number of carbonyl (C=O) groups is 1. The zero-order chi connectivity index (χ0) is 25.1. The number of nitrogens with zero attached hydrogens (tertiary/aromatic N) is 4. The van der Waals surface area contributed by atoms with Gasteiger partial charge in [0.25, 0.3) is 0 Å². The van der Waals surface area contributed by atoms with E-state index >= 15 is 0 Å². The molecule has 0 spiro atoms. The molecule has 1 saturated carbocycles. The van der Waals surface area contributed by atoms with Gasteiger partial charge in [-0.3, -0.25) is 9.88 Å². The number of urea groups is 1. The van der Waals surface area contributed by atoms with Crippen LogP contribution in [0.5, 0.6) is 0 Å². The summed E-state index contributed by atoms with van der Waals surface area (Å²) in [6.07, 6.45) is 8.47. The number of aromatic nitrogens is 1. The van der Waals surface area contributed by atoms with Crippen molar-refractivity contribution in [1.82, 2.24) is 19.7 Å². The molecule has 2 aliphatic heterocycles. The summed E-state index contributed by atoms with van der Waals surface area (Å²) in [5.41, 5.74) is 0.953. The fourth-order valence-corrected chi connectivity index (χ4v) is 6.31. The second-order valence-corrected chi connectivity index (χ2v) is 11.3. The molecule has 2 N–H and O–H groups in total. The van der Waals surface area contributed by atoms with E-state index < -0.39 is 5.60 Å². The number of hydrogen-bond acceptors (Lipinski definition) is 5. The molecule has 2 amide bonds. The Labute approximate surface area is 223 Å².